The summed E-state index contributed by atoms with van der Waals surface area (Å²) in [6.45, 7) is 0.517. The number of benzene rings is 1. The van der Waals surface area contributed by atoms with Gasteiger partial charge in [-0.2, -0.15) is 0 Å². The van der Waals surface area contributed by atoms with Crippen molar-refractivity contribution in [2.45, 2.75) is 31.5 Å². The van der Waals surface area contributed by atoms with Crippen molar-refractivity contribution in [3.63, 3.8) is 0 Å². The fourth-order valence-electron chi connectivity index (χ4n) is 3.42. The smallest absolute Gasteiger partial charge is 0.310 e. The SMILES string of the molecule is O=C(NCCc1ccccc1)[C@@H]1[C@H](C(=O)O)[C@H]2CC[C@H]1O2. The first kappa shape index (κ1) is 14.1. The van der Waals surface area contributed by atoms with Crippen LogP contribution in [0.15, 0.2) is 30.3 Å². The molecule has 0 radical (unpaired) electrons. The van der Waals surface area contributed by atoms with Crippen LogP contribution in [0.5, 0.6) is 0 Å². The minimum atomic E-state index is -0.926. The number of rotatable bonds is 5. The maximum Gasteiger partial charge on any atom is 0.310 e. The highest BCUT2D eigenvalue weighted by atomic mass is 16.5. The number of nitrogens with one attached hydrogen (secondary N) is 1. The number of carbonyl (C=O) groups excluding carboxylic acids is 1. The van der Waals surface area contributed by atoms with Crippen molar-refractivity contribution in [1.82, 2.24) is 5.32 Å². The molecule has 0 aromatic heterocycles. The summed E-state index contributed by atoms with van der Waals surface area (Å²) in [5, 5.41) is 12.2. The summed E-state index contributed by atoms with van der Waals surface area (Å²) in [5.74, 6) is -2.35. The highest BCUT2D eigenvalue weighted by Crippen LogP contribution is 2.43. The molecule has 0 spiro atoms. The Morgan fingerprint density at radius 1 is 1.14 bits per heavy atom. The minimum absolute atomic E-state index is 0.189. The lowest BCUT2D eigenvalue weighted by Gasteiger charge is -2.23. The lowest BCUT2D eigenvalue weighted by molar-refractivity contribution is -0.147. The number of hydrogen-bond donors (Lipinski definition) is 2. The second-order valence-corrected chi connectivity index (χ2v) is 5.71. The van der Waals surface area contributed by atoms with Crippen LogP contribution in [-0.2, 0) is 20.7 Å². The van der Waals surface area contributed by atoms with E-state index in [4.69, 9.17) is 4.74 Å². The van der Waals surface area contributed by atoms with Crippen molar-refractivity contribution >= 4 is 11.9 Å². The van der Waals surface area contributed by atoms with E-state index in [1.165, 1.54) is 0 Å². The molecule has 2 saturated heterocycles. The highest BCUT2D eigenvalue weighted by Gasteiger charge is 2.55. The first-order valence-electron chi connectivity index (χ1n) is 7.36. The molecule has 2 N–H and O–H groups in total. The van der Waals surface area contributed by atoms with Crippen LogP contribution in [0.1, 0.15) is 18.4 Å². The summed E-state index contributed by atoms with van der Waals surface area (Å²) in [6.07, 6.45) is 1.75. The van der Waals surface area contributed by atoms with Gasteiger partial charge in [0.25, 0.3) is 0 Å². The van der Waals surface area contributed by atoms with E-state index in [1.54, 1.807) is 0 Å². The van der Waals surface area contributed by atoms with Crippen molar-refractivity contribution in [1.29, 1.82) is 0 Å². The molecule has 1 amide bonds. The Labute approximate surface area is 123 Å². The molecule has 0 saturated carbocycles. The summed E-state index contributed by atoms with van der Waals surface area (Å²) in [7, 11) is 0. The number of ether oxygens (including phenoxy) is 1. The van der Waals surface area contributed by atoms with Gasteiger partial charge in [0.1, 0.15) is 0 Å². The second-order valence-electron chi connectivity index (χ2n) is 5.71. The normalized spacial score (nSPS) is 30.3. The molecule has 1 aromatic rings. The predicted molar refractivity (Wildman–Crippen MR) is 75.7 cm³/mol. The maximum atomic E-state index is 12.3. The van der Waals surface area contributed by atoms with Gasteiger partial charge in [-0.1, -0.05) is 30.3 Å². The molecular weight excluding hydrogens is 270 g/mol. The van der Waals surface area contributed by atoms with Crippen LogP contribution in [0.3, 0.4) is 0 Å². The van der Waals surface area contributed by atoms with E-state index in [-0.39, 0.29) is 18.1 Å². The van der Waals surface area contributed by atoms with Gasteiger partial charge in [0.15, 0.2) is 0 Å². The highest BCUT2D eigenvalue weighted by molar-refractivity contribution is 5.86. The zero-order valence-corrected chi connectivity index (χ0v) is 11.7. The molecule has 112 valence electrons. The molecule has 5 nitrogen and oxygen atoms in total. The van der Waals surface area contributed by atoms with Crippen LogP contribution in [0, 0.1) is 11.8 Å². The van der Waals surface area contributed by atoms with Crippen LogP contribution in [0.4, 0.5) is 0 Å². The Morgan fingerprint density at radius 2 is 1.81 bits per heavy atom. The van der Waals surface area contributed by atoms with Gasteiger partial charge in [0, 0.05) is 6.54 Å². The van der Waals surface area contributed by atoms with Crippen molar-refractivity contribution in [2.24, 2.45) is 11.8 Å². The van der Waals surface area contributed by atoms with E-state index in [9.17, 15) is 14.7 Å². The number of carboxylic acids is 1. The van der Waals surface area contributed by atoms with E-state index in [0.29, 0.717) is 6.54 Å². The van der Waals surface area contributed by atoms with Gasteiger partial charge < -0.3 is 15.2 Å². The number of carbonyl (C=O) groups is 2. The van der Waals surface area contributed by atoms with Gasteiger partial charge in [-0.05, 0) is 24.8 Å². The maximum absolute atomic E-state index is 12.3. The van der Waals surface area contributed by atoms with Crippen LogP contribution in [-0.4, -0.2) is 35.7 Å². The van der Waals surface area contributed by atoms with E-state index in [0.717, 1.165) is 24.8 Å². The minimum Gasteiger partial charge on any atom is -0.481 e. The molecule has 2 aliphatic rings. The summed E-state index contributed by atoms with van der Waals surface area (Å²) in [4.78, 5) is 23.6. The van der Waals surface area contributed by atoms with Crippen molar-refractivity contribution in [3.8, 4) is 0 Å². The largest absolute Gasteiger partial charge is 0.481 e. The van der Waals surface area contributed by atoms with Crippen molar-refractivity contribution in [3.05, 3.63) is 35.9 Å². The molecule has 0 unspecified atom stereocenters. The van der Waals surface area contributed by atoms with Gasteiger partial charge in [-0.25, -0.2) is 0 Å². The quantitative estimate of drug-likeness (QED) is 0.854. The molecule has 2 aliphatic heterocycles. The first-order valence-corrected chi connectivity index (χ1v) is 7.36. The van der Waals surface area contributed by atoms with Crippen molar-refractivity contribution in [2.75, 3.05) is 6.54 Å². The molecule has 1 aromatic carbocycles. The van der Waals surface area contributed by atoms with Gasteiger partial charge in [0.2, 0.25) is 5.91 Å². The zero-order chi connectivity index (χ0) is 14.8. The number of amides is 1. The topological polar surface area (TPSA) is 75.6 Å². The van der Waals surface area contributed by atoms with Gasteiger partial charge >= 0.3 is 5.97 Å². The van der Waals surface area contributed by atoms with Crippen LogP contribution in [0.2, 0.25) is 0 Å². The van der Waals surface area contributed by atoms with Gasteiger partial charge in [-0.3, -0.25) is 9.59 Å². The Morgan fingerprint density at radius 3 is 2.48 bits per heavy atom. The third-order valence-electron chi connectivity index (χ3n) is 4.42. The average Bonchev–Trinajstić information content (AvgIpc) is 3.08. The fourth-order valence-corrected chi connectivity index (χ4v) is 3.42. The van der Waals surface area contributed by atoms with E-state index in [2.05, 4.69) is 5.32 Å². The lowest BCUT2D eigenvalue weighted by atomic mass is 9.78. The molecule has 2 bridgehead atoms. The molecule has 5 heteroatoms. The first-order chi connectivity index (χ1) is 10.2. The Kier molecular flexibility index (Phi) is 3.92. The summed E-state index contributed by atoms with van der Waals surface area (Å²) in [5.41, 5.74) is 1.15. The Balaban J connectivity index is 1.56. The number of aliphatic carboxylic acids is 1. The van der Waals surface area contributed by atoms with Gasteiger partial charge in [-0.15, -0.1) is 0 Å². The second kappa shape index (κ2) is 5.85. The molecule has 4 atom stereocenters. The van der Waals surface area contributed by atoms with Gasteiger partial charge in [0.05, 0.1) is 24.0 Å². The predicted octanol–water partition coefficient (Wildman–Crippen LogP) is 1.22. The number of hydrogen-bond acceptors (Lipinski definition) is 3. The van der Waals surface area contributed by atoms with Crippen LogP contribution in [0.25, 0.3) is 0 Å². The standard InChI is InChI=1S/C16H19NO4/c18-15(17-9-8-10-4-2-1-3-5-10)13-11-6-7-12(21-11)14(13)16(19)20/h1-5,11-14H,6-9H2,(H,17,18)(H,19,20)/t11-,12-,13+,14-/m1/s1. The zero-order valence-electron chi connectivity index (χ0n) is 11.7. The Bertz CT molecular complexity index is 530. The summed E-state index contributed by atoms with van der Waals surface area (Å²) in [6, 6.07) is 9.88. The third-order valence-corrected chi connectivity index (χ3v) is 4.42. The monoisotopic (exact) mass is 289 g/mol. The molecule has 2 fully saturated rings. The van der Waals surface area contributed by atoms with Crippen molar-refractivity contribution < 1.29 is 19.4 Å². The molecule has 2 heterocycles. The fraction of sp³-hybridized carbons (Fsp3) is 0.500. The third kappa shape index (κ3) is 2.78. The average molecular weight is 289 g/mol. The molecule has 3 rings (SSSR count). The van der Waals surface area contributed by atoms with E-state index in [1.807, 2.05) is 30.3 Å². The van der Waals surface area contributed by atoms with Crippen LogP contribution >= 0.6 is 0 Å². The molecular formula is C16H19NO4. The molecule has 21 heavy (non-hydrogen) atoms. The van der Waals surface area contributed by atoms with E-state index < -0.39 is 17.8 Å². The number of carboxylic acid groups (broad SMARTS) is 1. The Hall–Kier alpha value is -1.88. The van der Waals surface area contributed by atoms with E-state index >= 15 is 0 Å². The summed E-state index contributed by atoms with van der Waals surface area (Å²) < 4.78 is 5.60. The van der Waals surface area contributed by atoms with Crippen LogP contribution < -0.4 is 5.32 Å². The summed E-state index contributed by atoms with van der Waals surface area (Å²) >= 11 is 0. The molecule has 0 aliphatic carbocycles. The lowest BCUT2D eigenvalue weighted by Crippen LogP contribution is -2.44. The number of fused-ring (bicyclic) bond motifs is 2.